The third-order valence-corrected chi connectivity index (χ3v) is 12.9. The Labute approximate surface area is 374 Å². The van der Waals surface area contributed by atoms with Gasteiger partial charge in [0.25, 0.3) is 5.91 Å². The summed E-state index contributed by atoms with van der Waals surface area (Å²) < 4.78 is 5.91. The standard InChI is InChI=1S/C47H75N7O7S/c1-11-13-14-16-26-54(45(58)41(32(5)12-2)52-43(57)38-18-15-17-25-53(38)10)39(31(3)4)28-40(61-33(6)55)44-51-37(30-62-44)42(56)50-36(29-47(7,8)46(59)60)27-34-19-21-35(22-20-34)49-24-23-48-9/h19-22,30,32,36,38-41,48-49H,3,11-18,23-29H2,1-2,4-10H3,(H,50,56)(H,52,57)(H,59,60)/t32-,36-,38+,39+,40+,41-/m0/s1. The maximum absolute atomic E-state index is 14.9. The molecule has 14 nitrogen and oxygen atoms in total. The predicted molar refractivity (Wildman–Crippen MR) is 247 cm³/mol. The quantitative estimate of drug-likeness (QED) is 0.0355. The summed E-state index contributed by atoms with van der Waals surface area (Å²) in [6.07, 6.45) is 6.88. The van der Waals surface area contributed by atoms with E-state index >= 15 is 0 Å². The summed E-state index contributed by atoms with van der Waals surface area (Å²) >= 11 is 1.17. The van der Waals surface area contributed by atoms with Crippen molar-refractivity contribution in [2.24, 2.45) is 11.3 Å². The molecule has 15 heteroatoms. The number of likely N-dealkylation sites (tertiary alicyclic amines) is 1. The van der Waals surface area contributed by atoms with Gasteiger partial charge in [-0.15, -0.1) is 11.3 Å². The van der Waals surface area contributed by atoms with Crippen LogP contribution >= 0.6 is 11.3 Å². The molecule has 1 aromatic carbocycles. The van der Waals surface area contributed by atoms with Gasteiger partial charge in [0.15, 0.2) is 6.10 Å². The van der Waals surface area contributed by atoms with Crippen LogP contribution in [0.4, 0.5) is 5.69 Å². The van der Waals surface area contributed by atoms with Crippen molar-refractivity contribution in [3.05, 3.63) is 58.1 Å². The van der Waals surface area contributed by atoms with Gasteiger partial charge in [0.1, 0.15) is 16.7 Å². The number of carbonyl (C=O) groups excluding carboxylic acids is 4. The Morgan fingerprint density at radius 3 is 2.35 bits per heavy atom. The first-order chi connectivity index (χ1) is 29.4. The molecule has 1 fully saturated rings. The van der Waals surface area contributed by atoms with Gasteiger partial charge in [-0.05, 0) is 97.1 Å². The molecule has 6 atom stereocenters. The molecule has 5 N–H and O–H groups in total. The van der Waals surface area contributed by atoms with Gasteiger partial charge in [-0.25, -0.2) is 4.98 Å². The summed E-state index contributed by atoms with van der Waals surface area (Å²) in [5.41, 5.74) is 1.56. The topological polar surface area (TPSA) is 182 Å². The van der Waals surface area contributed by atoms with E-state index in [4.69, 9.17) is 4.74 Å². The average molecular weight is 882 g/mol. The highest BCUT2D eigenvalue weighted by Gasteiger charge is 2.38. The smallest absolute Gasteiger partial charge is 0.309 e. The Morgan fingerprint density at radius 2 is 1.76 bits per heavy atom. The van der Waals surface area contributed by atoms with Crippen LogP contribution in [0.5, 0.6) is 0 Å². The van der Waals surface area contributed by atoms with Gasteiger partial charge in [-0.2, -0.15) is 0 Å². The number of likely N-dealkylation sites (N-methyl/N-ethyl adjacent to an activating group) is 2. The molecule has 1 aliphatic rings. The highest BCUT2D eigenvalue weighted by atomic mass is 32.1. The van der Waals surface area contributed by atoms with Crippen molar-refractivity contribution in [3.8, 4) is 0 Å². The van der Waals surface area contributed by atoms with E-state index in [9.17, 15) is 29.1 Å². The molecule has 0 radical (unpaired) electrons. The molecule has 3 amide bonds. The fourth-order valence-corrected chi connectivity index (χ4v) is 8.73. The Morgan fingerprint density at radius 1 is 1.05 bits per heavy atom. The lowest BCUT2D eigenvalue weighted by Crippen LogP contribution is -2.58. The Balaban J connectivity index is 1.92. The van der Waals surface area contributed by atoms with E-state index in [0.717, 1.165) is 75.8 Å². The average Bonchev–Trinajstić information content (AvgIpc) is 3.72. The number of piperidine rings is 1. The summed E-state index contributed by atoms with van der Waals surface area (Å²) in [6, 6.07) is 5.66. The summed E-state index contributed by atoms with van der Waals surface area (Å²) in [7, 11) is 3.84. The van der Waals surface area contributed by atoms with Crippen molar-refractivity contribution < 1.29 is 33.8 Å². The molecular formula is C47H75N7O7S. The number of aliphatic carboxylic acids is 1. The Hall–Kier alpha value is -4.34. The number of nitrogens with one attached hydrogen (secondary N) is 4. The molecule has 0 unspecified atom stereocenters. The number of thiazole rings is 1. The van der Waals surface area contributed by atoms with Gasteiger partial charge in [0.2, 0.25) is 11.8 Å². The summed E-state index contributed by atoms with van der Waals surface area (Å²) in [5.74, 6) is -2.49. The molecular weight excluding hydrogens is 807 g/mol. The maximum atomic E-state index is 14.9. The molecule has 2 aromatic rings. The first-order valence-electron chi connectivity index (χ1n) is 22.5. The first kappa shape index (κ1) is 52.0. The van der Waals surface area contributed by atoms with E-state index in [-0.39, 0.29) is 42.3 Å². The van der Waals surface area contributed by atoms with E-state index in [0.29, 0.717) is 30.0 Å². The van der Waals surface area contributed by atoms with Crippen LogP contribution in [0, 0.1) is 11.3 Å². The number of carboxylic acids is 1. The molecule has 1 aromatic heterocycles. The number of unbranched alkanes of at least 4 members (excludes halogenated alkanes) is 3. The van der Waals surface area contributed by atoms with Crippen LogP contribution in [0.15, 0.2) is 41.8 Å². The van der Waals surface area contributed by atoms with Gasteiger partial charge in [-0.3, -0.25) is 28.9 Å². The zero-order valence-corrected chi connectivity index (χ0v) is 39.6. The zero-order valence-electron chi connectivity index (χ0n) is 38.8. The minimum atomic E-state index is -1.12. The SMILES string of the molecule is C=C(C)[C@@H](C[C@@H](OC(C)=O)c1nc(C(=O)N[C@@H](Cc2ccc(NCCNC)cc2)CC(C)(C)C(=O)O)cs1)N(CCCCCC)C(=O)[C@@H](NC(=O)[C@H]1CCCCN1C)[C@@H](C)CC. The molecule has 3 rings (SSSR count). The van der Waals surface area contributed by atoms with Gasteiger partial charge in [-0.1, -0.05) is 77.2 Å². The van der Waals surface area contributed by atoms with Crippen LogP contribution < -0.4 is 21.3 Å². The number of carboxylic acid groups (broad SMARTS) is 1. The minimum absolute atomic E-state index is 0.107. The van der Waals surface area contributed by atoms with E-state index in [1.54, 1.807) is 24.1 Å². The van der Waals surface area contributed by atoms with Crippen LogP contribution in [0.25, 0.3) is 0 Å². The fourth-order valence-electron chi connectivity index (χ4n) is 7.89. The van der Waals surface area contributed by atoms with Crippen molar-refractivity contribution >= 4 is 46.7 Å². The second-order valence-corrected chi connectivity index (χ2v) is 18.6. The second kappa shape index (κ2) is 25.7. The normalized spacial score (nSPS) is 16.9. The lowest BCUT2D eigenvalue weighted by Gasteiger charge is -2.39. The molecule has 1 saturated heterocycles. The second-order valence-electron chi connectivity index (χ2n) is 17.7. The number of hydrogen-bond acceptors (Lipinski definition) is 11. The minimum Gasteiger partial charge on any atom is -0.481 e. The van der Waals surface area contributed by atoms with Crippen LogP contribution in [0.2, 0.25) is 0 Å². The maximum Gasteiger partial charge on any atom is 0.309 e. The van der Waals surface area contributed by atoms with Crippen molar-refractivity contribution in [2.75, 3.05) is 45.6 Å². The number of rotatable bonds is 27. The Bertz CT molecular complexity index is 1770. The van der Waals surface area contributed by atoms with E-state index in [2.05, 4.69) is 44.7 Å². The Kier molecular flexibility index (Phi) is 21.5. The number of aromatic nitrogens is 1. The number of hydrogen-bond donors (Lipinski definition) is 5. The third kappa shape index (κ3) is 16.1. The van der Waals surface area contributed by atoms with Crippen molar-refractivity contribution in [1.29, 1.82) is 0 Å². The van der Waals surface area contributed by atoms with Crippen LogP contribution in [0.1, 0.15) is 140 Å². The van der Waals surface area contributed by atoms with Crippen molar-refractivity contribution in [2.45, 2.75) is 149 Å². The molecule has 346 valence electrons. The number of benzene rings is 1. The summed E-state index contributed by atoms with van der Waals surface area (Å²) in [6.45, 7) is 19.7. The fraction of sp³-hybridized carbons (Fsp3) is 0.660. The van der Waals surface area contributed by atoms with Gasteiger partial charge in [0.05, 0.1) is 17.5 Å². The predicted octanol–water partition coefficient (Wildman–Crippen LogP) is 6.98. The van der Waals surface area contributed by atoms with Crippen LogP contribution in [-0.2, 0) is 30.3 Å². The van der Waals surface area contributed by atoms with E-state index in [1.165, 1.54) is 18.3 Å². The largest absolute Gasteiger partial charge is 0.481 e. The highest BCUT2D eigenvalue weighted by Crippen LogP contribution is 2.32. The number of anilines is 1. The van der Waals surface area contributed by atoms with Crippen LogP contribution in [-0.4, -0.2) is 114 Å². The molecule has 0 bridgehead atoms. The molecule has 0 spiro atoms. The zero-order chi connectivity index (χ0) is 46.0. The number of carbonyl (C=O) groups is 5. The molecule has 1 aliphatic heterocycles. The molecule has 0 aliphatic carbocycles. The van der Waals surface area contributed by atoms with E-state index < -0.39 is 47.5 Å². The number of esters is 1. The van der Waals surface area contributed by atoms with Crippen molar-refractivity contribution in [3.63, 3.8) is 0 Å². The van der Waals surface area contributed by atoms with Crippen LogP contribution in [0.3, 0.4) is 0 Å². The lowest BCUT2D eigenvalue weighted by atomic mass is 9.84. The number of amides is 3. The van der Waals surface area contributed by atoms with Gasteiger partial charge < -0.3 is 36.0 Å². The lowest BCUT2D eigenvalue weighted by molar-refractivity contribution is -0.149. The monoisotopic (exact) mass is 882 g/mol. The third-order valence-electron chi connectivity index (χ3n) is 11.9. The first-order valence-corrected chi connectivity index (χ1v) is 23.4. The molecule has 0 saturated carbocycles. The van der Waals surface area contributed by atoms with Crippen molar-refractivity contribution in [1.82, 2.24) is 30.7 Å². The van der Waals surface area contributed by atoms with Gasteiger partial charge >= 0.3 is 11.9 Å². The number of ether oxygens (including phenoxy) is 1. The summed E-state index contributed by atoms with van der Waals surface area (Å²) in [5, 5.41) is 24.6. The molecule has 62 heavy (non-hydrogen) atoms. The van der Waals surface area contributed by atoms with Gasteiger partial charge in [0, 0.05) is 50.1 Å². The summed E-state index contributed by atoms with van der Waals surface area (Å²) in [4.78, 5) is 75.9. The number of nitrogens with zero attached hydrogens (tertiary/aromatic N) is 3. The van der Waals surface area contributed by atoms with E-state index in [1.807, 2.05) is 59.1 Å². The molecule has 2 heterocycles. The highest BCUT2D eigenvalue weighted by molar-refractivity contribution is 7.09.